The summed E-state index contributed by atoms with van der Waals surface area (Å²) >= 11 is 0. The number of nitrogens with one attached hydrogen (secondary N) is 2. The zero-order valence-corrected chi connectivity index (χ0v) is 16.9. The minimum atomic E-state index is -3.54. The lowest BCUT2D eigenvalue weighted by Crippen LogP contribution is -2.49. The number of halogens is 1. The molecule has 3 fully saturated rings. The normalized spacial score (nSPS) is 23.9. The molecular formula is C18H27ClN4O3S. The Kier molecular flexibility index (Phi) is 6.43. The molecule has 2 N–H and O–H groups in total. The second-order valence-electron chi connectivity index (χ2n) is 7.40. The quantitative estimate of drug-likeness (QED) is 0.740. The molecule has 9 heteroatoms. The summed E-state index contributed by atoms with van der Waals surface area (Å²) in [5, 5.41) is 3.35. The molecular weight excluding hydrogens is 388 g/mol. The van der Waals surface area contributed by atoms with Crippen LogP contribution in [0, 0.1) is 0 Å². The Bertz CT molecular complexity index is 779. The Hall–Kier alpha value is -1.19. The van der Waals surface area contributed by atoms with E-state index in [0.29, 0.717) is 11.6 Å². The number of rotatable bonds is 5. The van der Waals surface area contributed by atoms with E-state index in [9.17, 15) is 13.2 Å². The lowest BCUT2D eigenvalue weighted by molar-refractivity contribution is 0.0773. The van der Waals surface area contributed by atoms with Crippen molar-refractivity contribution in [3.05, 3.63) is 29.8 Å². The van der Waals surface area contributed by atoms with Gasteiger partial charge in [-0.2, -0.15) is 0 Å². The average Bonchev–Trinajstić information content (AvgIpc) is 3.32. The predicted octanol–water partition coefficient (Wildman–Crippen LogP) is 0.669. The average molecular weight is 415 g/mol. The van der Waals surface area contributed by atoms with Gasteiger partial charge in [0.15, 0.2) is 0 Å². The third kappa shape index (κ3) is 4.81. The Balaban J connectivity index is 0.00000210. The molecule has 0 spiro atoms. The van der Waals surface area contributed by atoms with Crippen molar-refractivity contribution in [2.24, 2.45) is 0 Å². The number of sulfonamides is 1. The van der Waals surface area contributed by atoms with Gasteiger partial charge in [-0.15, -0.1) is 12.4 Å². The highest BCUT2D eigenvalue weighted by atomic mass is 35.5. The predicted molar refractivity (Wildman–Crippen MR) is 106 cm³/mol. The third-order valence-electron chi connectivity index (χ3n) is 5.41. The molecule has 27 heavy (non-hydrogen) atoms. The molecule has 1 saturated carbocycles. The summed E-state index contributed by atoms with van der Waals surface area (Å²) in [6.07, 6.45) is 2.75. The number of nitrogens with zero attached hydrogens (tertiary/aromatic N) is 2. The van der Waals surface area contributed by atoms with E-state index in [1.54, 1.807) is 18.2 Å². The summed E-state index contributed by atoms with van der Waals surface area (Å²) in [7, 11) is -3.54. The maximum atomic E-state index is 12.9. The third-order valence-corrected chi connectivity index (χ3v) is 6.93. The summed E-state index contributed by atoms with van der Waals surface area (Å²) < 4.78 is 27.4. The molecule has 2 saturated heterocycles. The van der Waals surface area contributed by atoms with Crippen LogP contribution >= 0.6 is 12.4 Å². The van der Waals surface area contributed by atoms with Crippen LogP contribution in [0.5, 0.6) is 0 Å². The molecule has 0 radical (unpaired) electrons. The van der Waals surface area contributed by atoms with E-state index < -0.39 is 10.0 Å². The molecule has 3 aliphatic rings. The first-order valence-corrected chi connectivity index (χ1v) is 10.9. The Labute approximate surface area is 166 Å². The minimum absolute atomic E-state index is 0. The van der Waals surface area contributed by atoms with Crippen LogP contribution in [0.3, 0.4) is 0 Å². The summed E-state index contributed by atoms with van der Waals surface area (Å²) in [5.74, 6) is -0.0777. The fourth-order valence-electron chi connectivity index (χ4n) is 3.74. The number of piperazine rings is 1. The maximum absolute atomic E-state index is 12.9. The molecule has 7 nitrogen and oxygen atoms in total. The van der Waals surface area contributed by atoms with Crippen molar-refractivity contribution in [2.45, 2.75) is 36.2 Å². The Morgan fingerprint density at radius 1 is 1.11 bits per heavy atom. The van der Waals surface area contributed by atoms with E-state index in [-0.39, 0.29) is 29.3 Å². The van der Waals surface area contributed by atoms with Crippen LogP contribution in [0.15, 0.2) is 29.2 Å². The largest absolute Gasteiger partial charge is 0.337 e. The lowest BCUT2D eigenvalue weighted by Gasteiger charge is -2.32. The first-order chi connectivity index (χ1) is 12.5. The van der Waals surface area contributed by atoms with Crippen LogP contribution in [0.25, 0.3) is 0 Å². The van der Waals surface area contributed by atoms with E-state index in [2.05, 4.69) is 14.9 Å². The van der Waals surface area contributed by atoms with Crippen molar-refractivity contribution in [1.29, 1.82) is 0 Å². The van der Waals surface area contributed by atoms with E-state index >= 15 is 0 Å². The second-order valence-corrected chi connectivity index (χ2v) is 9.12. The molecule has 2 aliphatic heterocycles. The Morgan fingerprint density at radius 2 is 1.85 bits per heavy atom. The van der Waals surface area contributed by atoms with Gasteiger partial charge in [-0.05, 0) is 37.5 Å². The molecule has 150 valence electrons. The smallest absolute Gasteiger partial charge is 0.253 e. The van der Waals surface area contributed by atoms with Crippen molar-refractivity contribution in [1.82, 2.24) is 19.8 Å². The second kappa shape index (κ2) is 8.45. The fourth-order valence-corrected chi connectivity index (χ4v) is 5.09. The van der Waals surface area contributed by atoms with Crippen LogP contribution in [-0.2, 0) is 10.0 Å². The van der Waals surface area contributed by atoms with Crippen molar-refractivity contribution in [3.63, 3.8) is 0 Å². The van der Waals surface area contributed by atoms with E-state index in [1.807, 2.05) is 4.90 Å². The molecule has 1 aliphatic carbocycles. The standard InChI is InChI=1S/C18H26N4O3S.ClH/c23-18(22-9-6-16(13-22)21-10-7-19-8-11-21)14-2-1-3-17(12-14)26(24,25)20-15-4-5-15;/h1-3,12,15-16,19-20H,4-11,13H2;1H. The van der Waals surface area contributed by atoms with Crippen molar-refractivity contribution in [2.75, 3.05) is 39.3 Å². The molecule has 1 aromatic carbocycles. The number of hydrogen-bond acceptors (Lipinski definition) is 5. The first kappa shape index (κ1) is 20.5. The van der Waals surface area contributed by atoms with Crippen molar-refractivity contribution in [3.8, 4) is 0 Å². The van der Waals surface area contributed by atoms with Crippen LogP contribution in [0.4, 0.5) is 0 Å². The summed E-state index contributed by atoms with van der Waals surface area (Å²) in [5.41, 5.74) is 0.449. The van der Waals surface area contributed by atoms with Gasteiger partial charge in [-0.1, -0.05) is 6.07 Å². The number of carbonyl (C=O) groups is 1. The maximum Gasteiger partial charge on any atom is 0.253 e. The highest BCUT2D eigenvalue weighted by Gasteiger charge is 2.32. The molecule has 0 aromatic heterocycles. The molecule has 1 unspecified atom stereocenters. The summed E-state index contributed by atoms with van der Waals surface area (Å²) in [4.78, 5) is 17.3. The number of hydrogen-bond donors (Lipinski definition) is 2. The molecule has 1 atom stereocenters. The van der Waals surface area contributed by atoms with Gasteiger partial charge in [0.25, 0.3) is 5.91 Å². The van der Waals surface area contributed by atoms with Crippen LogP contribution in [0.2, 0.25) is 0 Å². The molecule has 4 rings (SSSR count). The molecule has 2 heterocycles. The van der Waals surface area contributed by atoms with Crippen LogP contribution < -0.4 is 10.0 Å². The molecule has 1 amide bonds. The van der Waals surface area contributed by atoms with Gasteiger partial charge in [0.05, 0.1) is 4.90 Å². The van der Waals surface area contributed by atoms with E-state index in [4.69, 9.17) is 0 Å². The first-order valence-electron chi connectivity index (χ1n) is 9.39. The van der Waals surface area contributed by atoms with Crippen molar-refractivity contribution >= 4 is 28.3 Å². The van der Waals surface area contributed by atoms with Gasteiger partial charge >= 0.3 is 0 Å². The zero-order valence-electron chi connectivity index (χ0n) is 15.3. The number of carbonyl (C=O) groups excluding carboxylic acids is 1. The van der Waals surface area contributed by atoms with Crippen LogP contribution in [-0.4, -0.2) is 75.5 Å². The SMILES string of the molecule is Cl.O=C(c1cccc(S(=O)(=O)NC2CC2)c1)N1CCC(N2CCNCC2)C1. The number of amides is 1. The van der Waals surface area contributed by atoms with E-state index in [0.717, 1.165) is 58.5 Å². The number of benzene rings is 1. The number of likely N-dealkylation sites (tertiary alicyclic amines) is 1. The van der Waals surface area contributed by atoms with Crippen molar-refractivity contribution < 1.29 is 13.2 Å². The van der Waals surface area contributed by atoms with Gasteiger partial charge in [-0.3, -0.25) is 9.69 Å². The molecule has 0 bridgehead atoms. The molecule has 1 aromatic rings. The van der Waals surface area contributed by atoms with Crippen LogP contribution in [0.1, 0.15) is 29.6 Å². The van der Waals surface area contributed by atoms with Gasteiger partial charge in [0.2, 0.25) is 10.0 Å². The topological polar surface area (TPSA) is 81.8 Å². The van der Waals surface area contributed by atoms with Gasteiger partial charge in [0, 0.05) is 56.9 Å². The fraction of sp³-hybridized carbons (Fsp3) is 0.611. The minimum Gasteiger partial charge on any atom is -0.337 e. The monoisotopic (exact) mass is 414 g/mol. The van der Waals surface area contributed by atoms with Gasteiger partial charge in [-0.25, -0.2) is 13.1 Å². The van der Waals surface area contributed by atoms with Gasteiger partial charge < -0.3 is 10.2 Å². The zero-order chi connectivity index (χ0) is 18.1. The highest BCUT2D eigenvalue weighted by Crippen LogP contribution is 2.23. The summed E-state index contributed by atoms with van der Waals surface area (Å²) in [6, 6.07) is 6.87. The van der Waals surface area contributed by atoms with E-state index in [1.165, 1.54) is 6.07 Å². The highest BCUT2D eigenvalue weighted by molar-refractivity contribution is 7.89. The Morgan fingerprint density at radius 3 is 2.56 bits per heavy atom. The van der Waals surface area contributed by atoms with Gasteiger partial charge in [0.1, 0.15) is 0 Å². The summed E-state index contributed by atoms with van der Waals surface area (Å²) in [6.45, 7) is 5.48. The lowest BCUT2D eigenvalue weighted by atomic mass is 10.2.